The summed E-state index contributed by atoms with van der Waals surface area (Å²) < 4.78 is 5.24. The van der Waals surface area contributed by atoms with E-state index in [2.05, 4.69) is 15.6 Å². The minimum absolute atomic E-state index is 0.0376. The lowest BCUT2D eigenvalue weighted by atomic mass is 10.1. The Morgan fingerprint density at radius 3 is 1.92 bits per heavy atom. The zero-order valence-corrected chi connectivity index (χ0v) is 20.1. The average molecular weight is 502 g/mol. The van der Waals surface area contributed by atoms with E-state index < -0.39 is 35.4 Å². The molecule has 2 aromatic carbocycles. The van der Waals surface area contributed by atoms with Crippen LogP contribution in [0.1, 0.15) is 62.3 Å². The number of fused-ring (bicyclic) bond motifs is 1. The summed E-state index contributed by atoms with van der Waals surface area (Å²) in [7, 11) is 0. The number of rotatable bonds is 5. The largest absolute Gasteiger partial charge is 0.444 e. The quantitative estimate of drug-likeness (QED) is 0.497. The molecule has 0 fully saturated rings. The van der Waals surface area contributed by atoms with Gasteiger partial charge in [-0.05, 0) is 57.2 Å². The summed E-state index contributed by atoms with van der Waals surface area (Å²) in [4.78, 5) is 71.1. The van der Waals surface area contributed by atoms with E-state index in [9.17, 15) is 24.0 Å². The summed E-state index contributed by atoms with van der Waals surface area (Å²) in [5, 5.41) is 5.61. The number of benzene rings is 2. The Morgan fingerprint density at radius 2 is 1.38 bits per heavy atom. The molecule has 37 heavy (non-hydrogen) atoms. The molecule has 0 unspecified atom stereocenters. The molecule has 11 nitrogen and oxygen atoms in total. The Kier molecular flexibility index (Phi) is 6.70. The van der Waals surface area contributed by atoms with E-state index in [1.165, 1.54) is 24.3 Å². The Hall–Kier alpha value is -5.06. The van der Waals surface area contributed by atoms with E-state index in [-0.39, 0.29) is 22.4 Å². The molecule has 0 atom stereocenters. The molecule has 0 aliphatic carbocycles. The van der Waals surface area contributed by atoms with Crippen molar-refractivity contribution < 1.29 is 33.5 Å². The molecular formula is C26H22N4O7. The van der Waals surface area contributed by atoms with Gasteiger partial charge >= 0.3 is 12.1 Å². The number of ether oxygens (including phenoxy) is 1. The van der Waals surface area contributed by atoms with Crippen molar-refractivity contribution in [1.82, 2.24) is 10.0 Å². The van der Waals surface area contributed by atoms with Crippen LogP contribution in [0.3, 0.4) is 0 Å². The van der Waals surface area contributed by atoms with Gasteiger partial charge in [-0.25, -0.2) is 9.59 Å². The fourth-order valence-corrected chi connectivity index (χ4v) is 3.34. The zero-order chi connectivity index (χ0) is 26.7. The van der Waals surface area contributed by atoms with Crippen LogP contribution in [0.15, 0.2) is 66.9 Å². The molecule has 188 valence electrons. The van der Waals surface area contributed by atoms with Crippen LogP contribution in [-0.4, -0.2) is 45.4 Å². The van der Waals surface area contributed by atoms with Crippen molar-refractivity contribution in [1.29, 1.82) is 0 Å². The zero-order valence-electron chi connectivity index (χ0n) is 20.1. The molecule has 1 aliphatic heterocycles. The summed E-state index contributed by atoms with van der Waals surface area (Å²) in [6, 6.07) is 15.2. The highest BCUT2D eigenvalue weighted by molar-refractivity contribution is 6.21. The Morgan fingerprint density at radius 1 is 0.811 bits per heavy atom. The van der Waals surface area contributed by atoms with Crippen molar-refractivity contribution in [2.75, 3.05) is 10.6 Å². The summed E-state index contributed by atoms with van der Waals surface area (Å²) in [5.41, 5.74) is 0.0535. The SMILES string of the molecule is CC(C)(C)OC(=O)Nc1ccccc1NC(=O)c1ccc(C(=O)ON2C(=O)c3ccccc3C2=O)cn1. The lowest BCUT2D eigenvalue weighted by Gasteiger charge is -2.20. The number of nitrogens with zero attached hydrogens (tertiary/aromatic N) is 2. The van der Waals surface area contributed by atoms with Crippen molar-refractivity contribution in [2.45, 2.75) is 26.4 Å². The molecule has 4 rings (SSSR count). The molecule has 1 aromatic heterocycles. The summed E-state index contributed by atoms with van der Waals surface area (Å²) in [5.74, 6) is -3.12. The van der Waals surface area contributed by atoms with Gasteiger partial charge in [-0.15, -0.1) is 0 Å². The predicted octanol–water partition coefficient (Wildman–Crippen LogP) is 4.05. The van der Waals surface area contributed by atoms with Gasteiger partial charge in [-0.2, -0.15) is 0 Å². The smallest absolute Gasteiger partial charge is 0.412 e. The molecule has 0 bridgehead atoms. The van der Waals surface area contributed by atoms with E-state index in [1.807, 2.05) is 0 Å². The van der Waals surface area contributed by atoms with Crippen LogP contribution in [0.5, 0.6) is 0 Å². The second-order valence-corrected chi connectivity index (χ2v) is 8.89. The van der Waals surface area contributed by atoms with Crippen LogP contribution >= 0.6 is 0 Å². The topological polar surface area (TPSA) is 144 Å². The number of para-hydroxylation sites is 2. The van der Waals surface area contributed by atoms with Crippen LogP contribution < -0.4 is 10.6 Å². The van der Waals surface area contributed by atoms with Crippen LogP contribution in [0.4, 0.5) is 16.2 Å². The van der Waals surface area contributed by atoms with Gasteiger partial charge in [0.1, 0.15) is 11.3 Å². The number of amides is 4. The fraction of sp³-hybridized carbons (Fsp3) is 0.154. The van der Waals surface area contributed by atoms with Gasteiger partial charge < -0.3 is 14.9 Å². The molecule has 1 aliphatic rings. The summed E-state index contributed by atoms with van der Waals surface area (Å²) >= 11 is 0. The molecular weight excluding hydrogens is 480 g/mol. The number of hydroxylamine groups is 2. The number of hydrogen-bond acceptors (Lipinski definition) is 8. The van der Waals surface area contributed by atoms with Gasteiger partial charge in [-0.3, -0.25) is 24.7 Å². The number of imide groups is 1. The van der Waals surface area contributed by atoms with Gasteiger partial charge in [0.2, 0.25) is 0 Å². The number of anilines is 2. The second-order valence-electron chi connectivity index (χ2n) is 8.89. The minimum atomic E-state index is -0.999. The fourth-order valence-electron chi connectivity index (χ4n) is 3.34. The lowest BCUT2D eigenvalue weighted by Crippen LogP contribution is -2.32. The van der Waals surface area contributed by atoms with E-state index in [4.69, 9.17) is 9.57 Å². The number of nitrogens with one attached hydrogen (secondary N) is 2. The summed E-state index contributed by atoms with van der Waals surface area (Å²) in [6.45, 7) is 5.18. The predicted molar refractivity (Wildman–Crippen MR) is 131 cm³/mol. The van der Waals surface area contributed by atoms with E-state index in [1.54, 1.807) is 57.2 Å². The number of aromatic nitrogens is 1. The maximum absolute atomic E-state index is 12.7. The first-order valence-electron chi connectivity index (χ1n) is 11.1. The van der Waals surface area contributed by atoms with Crippen molar-refractivity contribution in [3.8, 4) is 0 Å². The van der Waals surface area contributed by atoms with Crippen molar-refractivity contribution in [3.63, 3.8) is 0 Å². The van der Waals surface area contributed by atoms with Crippen molar-refractivity contribution >= 4 is 41.2 Å². The highest BCUT2D eigenvalue weighted by atomic mass is 16.7. The molecule has 0 saturated heterocycles. The molecule has 0 spiro atoms. The maximum Gasteiger partial charge on any atom is 0.412 e. The molecule has 0 radical (unpaired) electrons. The van der Waals surface area contributed by atoms with Gasteiger partial charge in [-0.1, -0.05) is 29.3 Å². The second kappa shape index (κ2) is 9.90. The molecule has 3 aromatic rings. The molecule has 4 amide bonds. The lowest BCUT2D eigenvalue weighted by molar-refractivity contribution is -0.0584. The third-order valence-corrected chi connectivity index (χ3v) is 4.97. The van der Waals surface area contributed by atoms with Gasteiger partial charge in [0, 0.05) is 6.20 Å². The van der Waals surface area contributed by atoms with Gasteiger partial charge in [0.05, 0.1) is 28.1 Å². The van der Waals surface area contributed by atoms with Crippen molar-refractivity contribution in [2.24, 2.45) is 0 Å². The van der Waals surface area contributed by atoms with Crippen LogP contribution in [0.25, 0.3) is 0 Å². The van der Waals surface area contributed by atoms with E-state index >= 15 is 0 Å². The number of carbonyl (C=O) groups excluding carboxylic acids is 5. The Balaban J connectivity index is 1.41. The first-order valence-corrected chi connectivity index (χ1v) is 11.1. The molecule has 11 heteroatoms. The normalized spacial score (nSPS) is 12.6. The standard InChI is InChI=1S/C26H22N4O7/c1-26(2,3)36-25(35)29-19-11-7-6-10-18(19)28-21(31)20-13-12-15(14-27-20)24(34)37-30-22(32)16-8-4-5-9-17(16)23(30)33/h4-14H,1-3H3,(H,28,31)(H,29,35). The Bertz CT molecular complexity index is 1380. The first kappa shape index (κ1) is 25.0. The Labute approximate surface area is 211 Å². The molecule has 0 saturated carbocycles. The van der Waals surface area contributed by atoms with Crippen molar-refractivity contribution in [3.05, 3.63) is 89.2 Å². The van der Waals surface area contributed by atoms with Crippen LogP contribution in [0, 0.1) is 0 Å². The molecule has 2 N–H and O–H groups in total. The van der Waals surface area contributed by atoms with E-state index in [0.29, 0.717) is 16.4 Å². The summed E-state index contributed by atoms with van der Waals surface area (Å²) in [6.07, 6.45) is 0.397. The number of carbonyl (C=O) groups is 5. The highest BCUT2D eigenvalue weighted by Gasteiger charge is 2.38. The number of pyridine rings is 1. The van der Waals surface area contributed by atoms with Gasteiger partial charge in [0.25, 0.3) is 17.7 Å². The third kappa shape index (κ3) is 5.61. The average Bonchev–Trinajstić information content (AvgIpc) is 3.09. The number of hydrogen-bond donors (Lipinski definition) is 2. The van der Waals surface area contributed by atoms with Crippen LogP contribution in [0.2, 0.25) is 0 Å². The first-order chi connectivity index (χ1) is 17.5. The highest BCUT2D eigenvalue weighted by Crippen LogP contribution is 2.24. The monoisotopic (exact) mass is 502 g/mol. The maximum atomic E-state index is 12.7. The third-order valence-electron chi connectivity index (χ3n) is 4.97. The van der Waals surface area contributed by atoms with E-state index in [0.717, 1.165) is 6.20 Å². The minimum Gasteiger partial charge on any atom is -0.444 e. The van der Waals surface area contributed by atoms with Crippen LogP contribution in [-0.2, 0) is 9.57 Å². The molecule has 2 heterocycles. The van der Waals surface area contributed by atoms with Gasteiger partial charge in [0.15, 0.2) is 0 Å².